The van der Waals surface area contributed by atoms with Gasteiger partial charge >= 0.3 is 0 Å². The standard InChI is InChI=1S/C14H19N5O/c1-4-14(3,15)13(20)18-11-6-5-7-17-12(11)19-9-8-16-10(19)2/h5-9H,4,15H2,1-3H3,(H,18,20). The molecule has 6 nitrogen and oxygen atoms in total. The fraction of sp³-hybridized carbons (Fsp3) is 0.357. The molecule has 106 valence electrons. The van der Waals surface area contributed by atoms with E-state index in [4.69, 9.17) is 5.73 Å². The van der Waals surface area contributed by atoms with Gasteiger partial charge in [-0.05, 0) is 32.4 Å². The molecule has 2 rings (SSSR count). The number of imidazole rings is 1. The maximum atomic E-state index is 12.2. The molecular formula is C14H19N5O. The molecule has 3 N–H and O–H groups in total. The first kappa shape index (κ1) is 14.2. The Bertz CT molecular complexity index is 618. The van der Waals surface area contributed by atoms with Crippen molar-refractivity contribution in [1.82, 2.24) is 14.5 Å². The van der Waals surface area contributed by atoms with E-state index in [0.717, 1.165) is 5.82 Å². The van der Waals surface area contributed by atoms with Crippen molar-refractivity contribution in [2.45, 2.75) is 32.7 Å². The molecule has 0 aliphatic heterocycles. The molecule has 1 amide bonds. The topological polar surface area (TPSA) is 85.8 Å². The Kier molecular flexibility index (Phi) is 3.85. The molecular weight excluding hydrogens is 254 g/mol. The highest BCUT2D eigenvalue weighted by Gasteiger charge is 2.26. The first-order valence-electron chi connectivity index (χ1n) is 6.51. The minimum Gasteiger partial charge on any atom is -0.321 e. The molecule has 0 fully saturated rings. The van der Waals surface area contributed by atoms with Crippen LogP contribution in [0.1, 0.15) is 26.1 Å². The molecule has 0 aromatic carbocycles. The maximum absolute atomic E-state index is 12.2. The van der Waals surface area contributed by atoms with Gasteiger partial charge in [0, 0.05) is 18.6 Å². The second-order valence-electron chi connectivity index (χ2n) is 4.94. The number of hydrogen-bond donors (Lipinski definition) is 2. The summed E-state index contributed by atoms with van der Waals surface area (Å²) in [5.74, 6) is 1.19. The van der Waals surface area contributed by atoms with Crippen molar-refractivity contribution in [2.24, 2.45) is 5.73 Å². The first-order chi connectivity index (χ1) is 9.45. The normalized spacial score (nSPS) is 13.8. The second kappa shape index (κ2) is 5.42. The summed E-state index contributed by atoms with van der Waals surface area (Å²) in [5.41, 5.74) is 5.66. The number of nitrogens with one attached hydrogen (secondary N) is 1. The molecule has 0 saturated carbocycles. The smallest absolute Gasteiger partial charge is 0.244 e. The molecule has 0 spiro atoms. The Hall–Kier alpha value is -2.21. The van der Waals surface area contributed by atoms with Gasteiger partial charge in [0.25, 0.3) is 0 Å². The average molecular weight is 273 g/mol. The van der Waals surface area contributed by atoms with Crippen molar-refractivity contribution in [3.63, 3.8) is 0 Å². The predicted octanol–water partition coefficient (Wildman–Crippen LogP) is 1.64. The van der Waals surface area contributed by atoms with E-state index >= 15 is 0 Å². The molecule has 6 heteroatoms. The first-order valence-corrected chi connectivity index (χ1v) is 6.51. The van der Waals surface area contributed by atoms with Crippen LogP contribution in [0.5, 0.6) is 0 Å². The summed E-state index contributed by atoms with van der Waals surface area (Å²) in [6.45, 7) is 5.46. The third-order valence-corrected chi connectivity index (χ3v) is 3.34. The third kappa shape index (κ3) is 2.70. The van der Waals surface area contributed by atoms with Gasteiger partial charge in [-0.1, -0.05) is 6.92 Å². The summed E-state index contributed by atoms with van der Waals surface area (Å²) in [7, 11) is 0. The second-order valence-corrected chi connectivity index (χ2v) is 4.94. The largest absolute Gasteiger partial charge is 0.321 e. The number of pyridine rings is 1. The fourth-order valence-electron chi connectivity index (χ4n) is 1.71. The van der Waals surface area contributed by atoms with E-state index in [0.29, 0.717) is 17.9 Å². The number of carbonyl (C=O) groups excluding carboxylic acids is 1. The Morgan fingerprint density at radius 2 is 2.20 bits per heavy atom. The fourth-order valence-corrected chi connectivity index (χ4v) is 1.71. The Morgan fingerprint density at radius 3 is 2.80 bits per heavy atom. The van der Waals surface area contributed by atoms with E-state index in [1.54, 1.807) is 37.6 Å². The predicted molar refractivity (Wildman–Crippen MR) is 77.6 cm³/mol. The number of nitrogens with zero attached hydrogens (tertiary/aromatic N) is 3. The molecule has 2 aromatic heterocycles. The van der Waals surface area contributed by atoms with Crippen molar-refractivity contribution >= 4 is 11.6 Å². The lowest BCUT2D eigenvalue weighted by Crippen LogP contribution is -2.47. The Morgan fingerprint density at radius 1 is 1.45 bits per heavy atom. The van der Waals surface area contributed by atoms with Crippen LogP contribution < -0.4 is 11.1 Å². The SMILES string of the molecule is CCC(C)(N)C(=O)Nc1cccnc1-n1ccnc1C. The highest BCUT2D eigenvalue weighted by Crippen LogP contribution is 2.20. The monoisotopic (exact) mass is 273 g/mol. The lowest BCUT2D eigenvalue weighted by Gasteiger charge is -2.22. The Labute approximate surface area is 118 Å². The average Bonchev–Trinajstić information content (AvgIpc) is 2.85. The van der Waals surface area contributed by atoms with Gasteiger partial charge in [0.05, 0.1) is 11.2 Å². The van der Waals surface area contributed by atoms with Crippen molar-refractivity contribution in [1.29, 1.82) is 0 Å². The van der Waals surface area contributed by atoms with Gasteiger partial charge in [0.2, 0.25) is 5.91 Å². The minimum absolute atomic E-state index is 0.230. The molecule has 2 heterocycles. The van der Waals surface area contributed by atoms with E-state index in [9.17, 15) is 4.79 Å². The van der Waals surface area contributed by atoms with Crippen LogP contribution >= 0.6 is 0 Å². The molecule has 1 unspecified atom stereocenters. The van der Waals surface area contributed by atoms with E-state index in [2.05, 4.69) is 15.3 Å². The van der Waals surface area contributed by atoms with E-state index in [1.807, 2.05) is 18.4 Å². The maximum Gasteiger partial charge on any atom is 0.244 e. The number of anilines is 1. The van der Waals surface area contributed by atoms with Crippen molar-refractivity contribution in [3.8, 4) is 5.82 Å². The van der Waals surface area contributed by atoms with Gasteiger partial charge in [-0.3, -0.25) is 9.36 Å². The zero-order valence-corrected chi connectivity index (χ0v) is 11.9. The summed E-state index contributed by atoms with van der Waals surface area (Å²) in [5, 5.41) is 2.84. The van der Waals surface area contributed by atoms with E-state index < -0.39 is 5.54 Å². The van der Waals surface area contributed by atoms with Crippen molar-refractivity contribution in [3.05, 3.63) is 36.5 Å². The lowest BCUT2D eigenvalue weighted by atomic mass is 9.99. The number of carbonyl (C=O) groups is 1. The van der Waals surface area contributed by atoms with Gasteiger partial charge in [-0.2, -0.15) is 0 Å². The summed E-state index contributed by atoms with van der Waals surface area (Å²) >= 11 is 0. The summed E-state index contributed by atoms with van der Waals surface area (Å²) in [6, 6.07) is 3.57. The van der Waals surface area contributed by atoms with Crippen LogP contribution in [0.2, 0.25) is 0 Å². The summed E-state index contributed by atoms with van der Waals surface area (Å²) in [6.07, 6.45) is 5.72. The molecule has 0 radical (unpaired) electrons. The van der Waals surface area contributed by atoms with Crippen LogP contribution in [0.25, 0.3) is 5.82 Å². The highest BCUT2D eigenvalue weighted by atomic mass is 16.2. The van der Waals surface area contributed by atoms with Crippen molar-refractivity contribution in [2.75, 3.05) is 5.32 Å². The number of nitrogens with two attached hydrogens (primary N) is 1. The van der Waals surface area contributed by atoms with Gasteiger partial charge in [-0.15, -0.1) is 0 Å². The molecule has 0 bridgehead atoms. The van der Waals surface area contributed by atoms with Crippen LogP contribution in [0, 0.1) is 6.92 Å². The van der Waals surface area contributed by atoms with Crippen LogP contribution in [0.15, 0.2) is 30.7 Å². The van der Waals surface area contributed by atoms with Crippen LogP contribution in [-0.4, -0.2) is 26.0 Å². The van der Waals surface area contributed by atoms with E-state index in [1.165, 1.54) is 0 Å². The molecule has 0 aliphatic carbocycles. The van der Waals surface area contributed by atoms with Gasteiger partial charge in [0.1, 0.15) is 5.82 Å². The lowest BCUT2D eigenvalue weighted by molar-refractivity contribution is -0.120. The minimum atomic E-state index is -0.906. The quantitative estimate of drug-likeness (QED) is 0.886. The summed E-state index contributed by atoms with van der Waals surface area (Å²) in [4.78, 5) is 20.7. The van der Waals surface area contributed by atoms with Gasteiger partial charge in [0.15, 0.2) is 5.82 Å². The van der Waals surface area contributed by atoms with Gasteiger partial charge < -0.3 is 11.1 Å². The van der Waals surface area contributed by atoms with Crippen LogP contribution in [-0.2, 0) is 4.79 Å². The highest BCUT2D eigenvalue weighted by molar-refractivity contribution is 5.98. The number of hydrogen-bond acceptors (Lipinski definition) is 4. The van der Waals surface area contributed by atoms with Crippen LogP contribution in [0.4, 0.5) is 5.69 Å². The third-order valence-electron chi connectivity index (χ3n) is 3.34. The molecule has 2 aromatic rings. The summed E-state index contributed by atoms with van der Waals surface area (Å²) < 4.78 is 1.81. The number of rotatable bonds is 4. The molecule has 0 saturated heterocycles. The molecule has 20 heavy (non-hydrogen) atoms. The van der Waals surface area contributed by atoms with Crippen molar-refractivity contribution < 1.29 is 4.79 Å². The molecule has 0 aliphatic rings. The number of aromatic nitrogens is 3. The molecule has 1 atom stereocenters. The number of amides is 1. The number of aryl methyl sites for hydroxylation is 1. The zero-order chi connectivity index (χ0) is 14.8. The Balaban J connectivity index is 2.35. The zero-order valence-electron chi connectivity index (χ0n) is 11.9. The van der Waals surface area contributed by atoms with E-state index in [-0.39, 0.29) is 5.91 Å². The van der Waals surface area contributed by atoms with Gasteiger partial charge in [-0.25, -0.2) is 9.97 Å². The van der Waals surface area contributed by atoms with Crippen LogP contribution in [0.3, 0.4) is 0 Å².